The summed E-state index contributed by atoms with van der Waals surface area (Å²) >= 11 is 1.37. The fourth-order valence-corrected chi connectivity index (χ4v) is 4.78. The van der Waals surface area contributed by atoms with Gasteiger partial charge in [0.25, 0.3) is 5.91 Å². The number of carbonyl (C=O) groups excluding carboxylic acids is 2. The highest BCUT2D eigenvalue weighted by molar-refractivity contribution is 7.12. The summed E-state index contributed by atoms with van der Waals surface area (Å²) in [6.45, 7) is 5.09. The van der Waals surface area contributed by atoms with E-state index in [9.17, 15) is 14.7 Å². The molecule has 6 nitrogen and oxygen atoms in total. The van der Waals surface area contributed by atoms with Crippen molar-refractivity contribution in [3.8, 4) is 0 Å². The largest absolute Gasteiger partial charge is 0.392 e. The Morgan fingerprint density at radius 3 is 2.52 bits per heavy atom. The summed E-state index contributed by atoms with van der Waals surface area (Å²) in [6, 6.07) is 12.8. The topological polar surface area (TPSA) is 72.9 Å². The standard InChI is InChI=1S/C24H33N3O3S/c1-18(28)16-27-12-10-20(11-13-27)17-26(2)24(30)21(15-19-7-4-3-5-8-19)25-23(29)22-9-6-14-31-22/h3-9,14,18,20-21,28H,10-13,15-17H2,1-2H3,(H,25,29)/t18-,21+/m1/s1. The zero-order valence-electron chi connectivity index (χ0n) is 18.4. The van der Waals surface area contributed by atoms with Crippen molar-refractivity contribution in [2.45, 2.75) is 38.3 Å². The van der Waals surface area contributed by atoms with Gasteiger partial charge in [-0.3, -0.25) is 9.59 Å². The maximum absolute atomic E-state index is 13.3. The van der Waals surface area contributed by atoms with Gasteiger partial charge in [0.2, 0.25) is 5.91 Å². The number of nitrogens with one attached hydrogen (secondary N) is 1. The van der Waals surface area contributed by atoms with E-state index in [4.69, 9.17) is 0 Å². The fourth-order valence-electron chi connectivity index (χ4n) is 4.16. The first-order chi connectivity index (χ1) is 14.9. The number of β-amino-alcohol motifs (C(OH)–C–C–N with tert-alkyl or cyclic N) is 1. The normalized spacial score (nSPS) is 17.1. The number of thiophene rings is 1. The van der Waals surface area contributed by atoms with E-state index in [-0.39, 0.29) is 17.9 Å². The molecule has 1 fully saturated rings. The molecule has 1 aliphatic rings. The second kappa shape index (κ2) is 11.4. The summed E-state index contributed by atoms with van der Waals surface area (Å²) in [5, 5.41) is 14.4. The molecule has 0 spiro atoms. The summed E-state index contributed by atoms with van der Waals surface area (Å²) < 4.78 is 0. The Morgan fingerprint density at radius 1 is 1.19 bits per heavy atom. The molecule has 1 aromatic heterocycles. The van der Waals surface area contributed by atoms with E-state index < -0.39 is 6.04 Å². The molecule has 2 heterocycles. The molecule has 2 atom stereocenters. The van der Waals surface area contributed by atoms with E-state index in [1.54, 1.807) is 11.0 Å². The molecule has 0 saturated carbocycles. The van der Waals surface area contributed by atoms with Crippen molar-refractivity contribution in [1.82, 2.24) is 15.1 Å². The van der Waals surface area contributed by atoms with Gasteiger partial charge in [-0.15, -0.1) is 11.3 Å². The summed E-state index contributed by atoms with van der Waals surface area (Å²) in [5.41, 5.74) is 1.02. The van der Waals surface area contributed by atoms with Crippen LogP contribution in [0.1, 0.15) is 35.0 Å². The number of likely N-dealkylation sites (N-methyl/N-ethyl adjacent to an activating group) is 1. The summed E-state index contributed by atoms with van der Waals surface area (Å²) in [7, 11) is 1.83. The highest BCUT2D eigenvalue weighted by Crippen LogP contribution is 2.19. The van der Waals surface area contributed by atoms with Gasteiger partial charge in [0.1, 0.15) is 6.04 Å². The zero-order valence-corrected chi connectivity index (χ0v) is 19.2. The van der Waals surface area contributed by atoms with Crippen molar-refractivity contribution in [3.63, 3.8) is 0 Å². The van der Waals surface area contributed by atoms with Gasteiger partial charge >= 0.3 is 0 Å². The lowest BCUT2D eigenvalue weighted by Crippen LogP contribution is -2.50. The van der Waals surface area contributed by atoms with Crippen LogP contribution in [0, 0.1) is 5.92 Å². The molecule has 31 heavy (non-hydrogen) atoms. The van der Waals surface area contributed by atoms with Crippen molar-refractivity contribution in [2.75, 3.05) is 33.2 Å². The lowest BCUT2D eigenvalue weighted by Gasteiger charge is -2.35. The van der Waals surface area contributed by atoms with Gasteiger partial charge < -0.3 is 20.2 Å². The number of hydrogen-bond donors (Lipinski definition) is 2. The first-order valence-corrected chi connectivity index (χ1v) is 11.8. The maximum Gasteiger partial charge on any atom is 0.262 e. The SMILES string of the molecule is C[C@@H](O)CN1CCC(CN(C)C(=O)[C@H](Cc2ccccc2)NC(=O)c2cccs2)CC1. The average Bonchev–Trinajstić information content (AvgIpc) is 3.29. The number of nitrogens with zero attached hydrogens (tertiary/aromatic N) is 2. The van der Waals surface area contributed by atoms with Gasteiger partial charge in [0.15, 0.2) is 0 Å². The Hall–Kier alpha value is -2.22. The van der Waals surface area contributed by atoms with Crippen LogP contribution in [0.3, 0.4) is 0 Å². The van der Waals surface area contributed by atoms with E-state index in [1.165, 1.54) is 11.3 Å². The molecule has 1 aromatic carbocycles. The summed E-state index contributed by atoms with van der Waals surface area (Å²) in [6.07, 6.45) is 2.17. The third kappa shape index (κ3) is 7.16. The summed E-state index contributed by atoms with van der Waals surface area (Å²) in [5.74, 6) is 0.175. The van der Waals surface area contributed by atoms with E-state index in [0.29, 0.717) is 30.3 Å². The molecule has 1 saturated heterocycles. The predicted molar refractivity (Wildman–Crippen MR) is 124 cm³/mol. The van der Waals surface area contributed by atoms with Gasteiger partial charge in [0.05, 0.1) is 11.0 Å². The number of carbonyl (C=O) groups is 2. The number of rotatable bonds is 9. The maximum atomic E-state index is 13.3. The fraction of sp³-hybridized carbons (Fsp3) is 0.500. The first-order valence-electron chi connectivity index (χ1n) is 11.0. The van der Waals surface area contributed by atoms with Gasteiger partial charge in [-0.1, -0.05) is 36.4 Å². The monoisotopic (exact) mass is 443 g/mol. The van der Waals surface area contributed by atoms with Gasteiger partial charge in [-0.2, -0.15) is 0 Å². The number of piperidine rings is 1. The molecule has 2 aromatic rings. The third-order valence-corrected chi connectivity index (χ3v) is 6.64. The molecule has 0 unspecified atom stereocenters. The molecule has 0 radical (unpaired) electrons. The van der Waals surface area contributed by atoms with Gasteiger partial charge in [-0.05, 0) is 55.8 Å². The van der Waals surface area contributed by atoms with Crippen molar-refractivity contribution in [1.29, 1.82) is 0 Å². The Morgan fingerprint density at radius 2 is 1.90 bits per heavy atom. The van der Waals surface area contributed by atoms with Gasteiger partial charge in [-0.25, -0.2) is 0 Å². The van der Waals surface area contributed by atoms with Crippen LogP contribution >= 0.6 is 11.3 Å². The lowest BCUT2D eigenvalue weighted by molar-refractivity contribution is -0.132. The molecular weight excluding hydrogens is 410 g/mol. The smallest absolute Gasteiger partial charge is 0.262 e. The molecule has 0 bridgehead atoms. The molecule has 2 N–H and O–H groups in total. The molecular formula is C24H33N3O3S. The Balaban J connectivity index is 1.61. The Kier molecular flexibility index (Phi) is 8.63. The molecule has 168 valence electrons. The zero-order chi connectivity index (χ0) is 22.2. The second-order valence-corrected chi connectivity index (χ2v) is 9.45. The van der Waals surface area contributed by atoms with E-state index in [0.717, 1.165) is 31.5 Å². The number of benzene rings is 1. The van der Waals surface area contributed by atoms with Crippen LogP contribution < -0.4 is 5.32 Å². The van der Waals surface area contributed by atoms with Crippen LogP contribution in [0.15, 0.2) is 47.8 Å². The van der Waals surface area contributed by atoms with Crippen LogP contribution in [0.2, 0.25) is 0 Å². The minimum absolute atomic E-state index is 0.0554. The Bertz CT molecular complexity index is 818. The minimum Gasteiger partial charge on any atom is -0.392 e. The number of hydrogen-bond acceptors (Lipinski definition) is 5. The quantitative estimate of drug-likeness (QED) is 0.625. The van der Waals surface area contributed by atoms with Crippen molar-refractivity contribution in [2.24, 2.45) is 5.92 Å². The van der Waals surface area contributed by atoms with Crippen molar-refractivity contribution in [3.05, 3.63) is 58.3 Å². The molecule has 7 heteroatoms. The third-order valence-electron chi connectivity index (χ3n) is 5.77. The van der Waals surface area contributed by atoms with Crippen LogP contribution in [0.5, 0.6) is 0 Å². The highest BCUT2D eigenvalue weighted by Gasteiger charge is 2.28. The molecule has 0 aliphatic carbocycles. The lowest BCUT2D eigenvalue weighted by atomic mass is 9.95. The van der Waals surface area contributed by atoms with E-state index in [2.05, 4.69) is 10.2 Å². The van der Waals surface area contributed by atoms with E-state index in [1.807, 2.05) is 55.7 Å². The summed E-state index contributed by atoms with van der Waals surface area (Å²) in [4.78, 5) is 30.6. The highest BCUT2D eigenvalue weighted by atomic mass is 32.1. The van der Waals surface area contributed by atoms with E-state index >= 15 is 0 Å². The van der Waals surface area contributed by atoms with Crippen LogP contribution in [0.4, 0.5) is 0 Å². The minimum atomic E-state index is -0.600. The number of likely N-dealkylation sites (tertiary alicyclic amines) is 1. The average molecular weight is 444 g/mol. The Labute approximate surface area is 188 Å². The molecule has 3 rings (SSSR count). The predicted octanol–water partition coefficient (Wildman–Crippen LogP) is 2.64. The van der Waals surface area contributed by atoms with Crippen molar-refractivity contribution < 1.29 is 14.7 Å². The molecule has 1 aliphatic heterocycles. The second-order valence-electron chi connectivity index (χ2n) is 8.50. The molecule has 2 amide bonds. The number of aliphatic hydroxyl groups excluding tert-OH is 1. The van der Waals surface area contributed by atoms with Crippen molar-refractivity contribution >= 4 is 23.2 Å². The number of amides is 2. The van der Waals surface area contributed by atoms with Crippen LogP contribution in [-0.2, 0) is 11.2 Å². The van der Waals surface area contributed by atoms with Crippen LogP contribution in [0.25, 0.3) is 0 Å². The number of aliphatic hydroxyl groups is 1. The van der Waals surface area contributed by atoms with Gasteiger partial charge in [0, 0.05) is 26.6 Å². The first kappa shape index (κ1) is 23.4. The van der Waals surface area contributed by atoms with Crippen LogP contribution in [-0.4, -0.2) is 72.1 Å².